The van der Waals surface area contributed by atoms with Crippen molar-refractivity contribution in [1.82, 2.24) is 19.9 Å². The van der Waals surface area contributed by atoms with E-state index in [1.165, 1.54) is 26.2 Å². The van der Waals surface area contributed by atoms with Gasteiger partial charge in [0.05, 0.1) is 10.2 Å². The van der Waals surface area contributed by atoms with Crippen LogP contribution < -0.4 is 0 Å². The van der Waals surface area contributed by atoms with Gasteiger partial charge in [-0.25, -0.2) is 19.9 Å². The summed E-state index contributed by atoms with van der Waals surface area (Å²) < 4.78 is 1.20. The third kappa shape index (κ3) is 5.13. The first-order valence-electron chi connectivity index (χ1n) is 15.6. The Morgan fingerprint density at radius 2 is 0.894 bits per heavy atom. The van der Waals surface area contributed by atoms with E-state index in [9.17, 15) is 0 Å². The first-order valence-corrected chi connectivity index (χ1v) is 16.4. The molecule has 0 aliphatic carbocycles. The minimum Gasteiger partial charge on any atom is -0.236 e. The highest BCUT2D eigenvalue weighted by molar-refractivity contribution is 7.22. The second-order valence-electron chi connectivity index (χ2n) is 11.5. The quantitative estimate of drug-likeness (QED) is 0.193. The molecule has 7 aromatic carbocycles. The standard InChI is InChI=1S/C42H26N4S/c1-3-11-29(12-4-1)39-44-40(30-13-5-2-6-14-30)46-41(45-39)34-17-9-16-32(24-34)33-20-19-28-22-23-37-38(36(28)26-33)47-42(43-37)35-21-18-27-10-7-8-15-31(27)25-35/h1-26H. The summed E-state index contributed by atoms with van der Waals surface area (Å²) in [6.07, 6.45) is 0. The molecule has 5 heteroatoms. The largest absolute Gasteiger partial charge is 0.236 e. The van der Waals surface area contributed by atoms with Gasteiger partial charge in [-0.3, -0.25) is 0 Å². The Hall–Kier alpha value is -6.04. The van der Waals surface area contributed by atoms with E-state index in [4.69, 9.17) is 19.9 Å². The van der Waals surface area contributed by atoms with Crippen LogP contribution in [-0.4, -0.2) is 19.9 Å². The molecular weight excluding hydrogens is 593 g/mol. The minimum atomic E-state index is 0.644. The van der Waals surface area contributed by atoms with Crippen molar-refractivity contribution >= 4 is 43.1 Å². The molecule has 0 unspecified atom stereocenters. The molecule has 47 heavy (non-hydrogen) atoms. The Labute approximate surface area is 275 Å². The fraction of sp³-hybridized carbons (Fsp3) is 0. The zero-order valence-corrected chi connectivity index (χ0v) is 26.0. The number of aromatic nitrogens is 4. The molecule has 0 aliphatic heterocycles. The van der Waals surface area contributed by atoms with Crippen LogP contribution in [0.5, 0.6) is 0 Å². The lowest BCUT2D eigenvalue weighted by atomic mass is 9.99. The molecule has 0 atom stereocenters. The van der Waals surface area contributed by atoms with Gasteiger partial charge in [0, 0.05) is 27.6 Å². The van der Waals surface area contributed by atoms with Crippen LogP contribution in [0.25, 0.3) is 87.6 Å². The molecule has 0 saturated heterocycles. The highest BCUT2D eigenvalue weighted by Crippen LogP contribution is 2.38. The van der Waals surface area contributed by atoms with Crippen molar-refractivity contribution in [1.29, 1.82) is 0 Å². The van der Waals surface area contributed by atoms with Gasteiger partial charge < -0.3 is 0 Å². The van der Waals surface area contributed by atoms with Crippen LogP contribution in [0.2, 0.25) is 0 Å². The summed E-state index contributed by atoms with van der Waals surface area (Å²) in [5.41, 5.74) is 7.24. The van der Waals surface area contributed by atoms with Gasteiger partial charge in [0.2, 0.25) is 0 Å². The van der Waals surface area contributed by atoms with Crippen LogP contribution in [0.15, 0.2) is 158 Å². The molecule has 9 aromatic rings. The summed E-state index contributed by atoms with van der Waals surface area (Å²) in [5.74, 6) is 1.95. The van der Waals surface area contributed by atoms with Crippen LogP contribution in [-0.2, 0) is 0 Å². The van der Waals surface area contributed by atoms with Crippen molar-refractivity contribution in [2.75, 3.05) is 0 Å². The lowest BCUT2D eigenvalue weighted by Gasteiger charge is -2.10. The third-order valence-electron chi connectivity index (χ3n) is 8.52. The molecule has 0 amide bonds. The zero-order chi connectivity index (χ0) is 31.2. The molecule has 0 fully saturated rings. The van der Waals surface area contributed by atoms with E-state index < -0.39 is 0 Å². The Morgan fingerprint density at radius 3 is 1.64 bits per heavy atom. The maximum atomic E-state index is 5.06. The molecule has 2 heterocycles. The summed E-state index contributed by atoms with van der Waals surface area (Å²) >= 11 is 1.75. The van der Waals surface area contributed by atoms with E-state index in [0.717, 1.165) is 43.9 Å². The van der Waals surface area contributed by atoms with Crippen molar-refractivity contribution < 1.29 is 0 Å². The molecular formula is C42H26N4S. The summed E-state index contributed by atoms with van der Waals surface area (Å²) in [5, 5.41) is 5.89. The predicted octanol–water partition coefficient (Wildman–Crippen LogP) is 11.1. The molecule has 0 radical (unpaired) electrons. The molecule has 0 aliphatic rings. The van der Waals surface area contributed by atoms with Gasteiger partial charge in [0.15, 0.2) is 17.5 Å². The Morgan fingerprint density at radius 1 is 0.340 bits per heavy atom. The predicted molar refractivity (Wildman–Crippen MR) is 195 cm³/mol. The molecule has 0 spiro atoms. The van der Waals surface area contributed by atoms with Gasteiger partial charge >= 0.3 is 0 Å². The van der Waals surface area contributed by atoms with Gasteiger partial charge in [0.1, 0.15) is 5.01 Å². The summed E-state index contributed by atoms with van der Waals surface area (Å²) in [4.78, 5) is 19.8. The molecule has 2 aromatic heterocycles. The van der Waals surface area contributed by atoms with Crippen molar-refractivity contribution in [2.24, 2.45) is 0 Å². The van der Waals surface area contributed by atoms with E-state index in [1.807, 2.05) is 60.7 Å². The maximum absolute atomic E-state index is 5.06. The second-order valence-corrected chi connectivity index (χ2v) is 12.5. The minimum absolute atomic E-state index is 0.644. The van der Waals surface area contributed by atoms with Crippen LogP contribution in [0.3, 0.4) is 0 Å². The van der Waals surface area contributed by atoms with Crippen molar-refractivity contribution in [2.45, 2.75) is 0 Å². The highest BCUT2D eigenvalue weighted by atomic mass is 32.1. The maximum Gasteiger partial charge on any atom is 0.164 e. The summed E-state index contributed by atoms with van der Waals surface area (Å²) in [6.45, 7) is 0. The van der Waals surface area contributed by atoms with Gasteiger partial charge in [-0.2, -0.15) is 0 Å². The molecule has 0 N–H and O–H groups in total. The first-order chi connectivity index (χ1) is 23.2. The average molecular weight is 619 g/mol. The van der Waals surface area contributed by atoms with E-state index >= 15 is 0 Å². The molecule has 220 valence electrons. The monoisotopic (exact) mass is 618 g/mol. The van der Waals surface area contributed by atoms with Gasteiger partial charge in [-0.05, 0) is 51.6 Å². The molecule has 0 saturated carbocycles. The highest BCUT2D eigenvalue weighted by Gasteiger charge is 2.14. The lowest BCUT2D eigenvalue weighted by Crippen LogP contribution is -2.00. The van der Waals surface area contributed by atoms with Crippen molar-refractivity contribution in [3.05, 3.63) is 158 Å². The van der Waals surface area contributed by atoms with E-state index in [0.29, 0.717) is 17.5 Å². The van der Waals surface area contributed by atoms with Crippen LogP contribution in [0, 0.1) is 0 Å². The number of thiazole rings is 1. The molecule has 0 bridgehead atoms. The van der Waals surface area contributed by atoms with Crippen LogP contribution >= 0.6 is 11.3 Å². The first kappa shape index (κ1) is 27.3. The number of benzene rings is 7. The van der Waals surface area contributed by atoms with Crippen LogP contribution in [0.1, 0.15) is 0 Å². The number of hydrogen-bond donors (Lipinski definition) is 0. The zero-order valence-electron chi connectivity index (χ0n) is 25.2. The molecule has 4 nitrogen and oxygen atoms in total. The van der Waals surface area contributed by atoms with Crippen molar-refractivity contribution in [3.8, 4) is 55.9 Å². The second kappa shape index (κ2) is 11.4. The number of hydrogen-bond acceptors (Lipinski definition) is 5. The van der Waals surface area contributed by atoms with E-state index in [1.54, 1.807) is 11.3 Å². The Bertz CT molecular complexity index is 2520. The fourth-order valence-electron chi connectivity index (χ4n) is 6.11. The fourth-order valence-corrected chi connectivity index (χ4v) is 7.19. The van der Waals surface area contributed by atoms with E-state index in [2.05, 4.69) is 97.1 Å². The number of fused-ring (bicyclic) bond motifs is 4. The third-order valence-corrected chi connectivity index (χ3v) is 9.68. The van der Waals surface area contributed by atoms with Gasteiger partial charge in [-0.1, -0.05) is 133 Å². The number of rotatable bonds is 5. The smallest absolute Gasteiger partial charge is 0.164 e. The Kier molecular flexibility index (Phi) is 6.61. The number of nitrogens with zero attached hydrogens (tertiary/aromatic N) is 4. The topological polar surface area (TPSA) is 51.6 Å². The lowest BCUT2D eigenvalue weighted by molar-refractivity contribution is 1.07. The van der Waals surface area contributed by atoms with Crippen molar-refractivity contribution in [3.63, 3.8) is 0 Å². The Balaban J connectivity index is 1.14. The average Bonchev–Trinajstić information content (AvgIpc) is 3.60. The van der Waals surface area contributed by atoms with Gasteiger partial charge in [0.25, 0.3) is 0 Å². The SMILES string of the molecule is c1ccc(-c2nc(-c3ccccc3)nc(-c3cccc(-c4ccc5ccc6nc(-c7ccc8ccccc8c7)sc6c5c4)c3)n2)cc1. The van der Waals surface area contributed by atoms with Gasteiger partial charge in [-0.15, -0.1) is 11.3 Å². The summed E-state index contributed by atoms with van der Waals surface area (Å²) in [6, 6.07) is 54.7. The summed E-state index contributed by atoms with van der Waals surface area (Å²) in [7, 11) is 0. The van der Waals surface area contributed by atoms with Crippen LogP contribution in [0.4, 0.5) is 0 Å². The molecule has 9 rings (SSSR count). The van der Waals surface area contributed by atoms with E-state index in [-0.39, 0.29) is 0 Å². The normalized spacial score (nSPS) is 11.4.